The van der Waals surface area contributed by atoms with Gasteiger partial charge in [0.15, 0.2) is 0 Å². The Morgan fingerprint density at radius 1 is 1.09 bits per heavy atom. The van der Waals surface area contributed by atoms with Crippen LogP contribution in [0.15, 0.2) is 60.8 Å². The molecule has 0 saturated heterocycles. The van der Waals surface area contributed by atoms with Crippen molar-refractivity contribution in [3.8, 4) is 5.75 Å². The van der Waals surface area contributed by atoms with Crippen LogP contribution in [0.2, 0.25) is 0 Å². The molecule has 1 N–H and O–H groups in total. The molecule has 3 aromatic rings. The summed E-state index contributed by atoms with van der Waals surface area (Å²) >= 11 is 0. The van der Waals surface area contributed by atoms with Gasteiger partial charge in [0.2, 0.25) is 5.95 Å². The molecule has 166 valence electrons. The fourth-order valence-electron chi connectivity index (χ4n) is 3.85. The maximum Gasteiger partial charge on any atom is 0.263 e. The van der Waals surface area contributed by atoms with Gasteiger partial charge in [-0.25, -0.2) is 4.98 Å². The van der Waals surface area contributed by atoms with E-state index in [0.29, 0.717) is 30.4 Å². The van der Waals surface area contributed by atoms with E-state index in [1.165, 1.54) is 0 Å². The van der Waals surface area contributed by atoms with Crippen LogP contribution in [0.3, 0.4) is 0 Å². The van der Waals surface area contributed by atoms with Crippen molar-refractivity contribution in [2.75, 3.05) is 41.8 Å². The Labute approximate surface area is 189 Å². The van der Waals surface area contributed by atoms with Crippen LogP contribution in [0.5, 0.6) is 5.75 Å². The summed E-state index contributed by atoms with van der Waals surface area (Å²) in [6.07, 6.45) is 2.41. The number of hydrogen-bond donors (Lipinski definition) is 1. The number of hydrogen-bond acceptors (Lipinski definition) is 6. The van der Waals surface area contributed by atoms with Crippen LogP contribution in [0.1, 0.15) is 42.3 Å². The third kappa shape index (κ3) is 4.51. The highest BCUT2D eigenvalue weighted by Gasteiger charge is 2.28. The maximum atomic E-state index is 13.4. The van der Waals surface area contributed by atoms with Crippen molar-refractivity contribution in [1.82, 2.24) is 9.97 Å². The van der Waals surface area contributed by atoms with Gasteiger partial charge in [-0.15, -0.1) is 0 Å². The molecule has 4 rings (SSSR count). The van der Waals surface area contributed by atoms with E-state index in [1.54, 1.807) is 11.1 Å². The number of aromatic nitrogens is 2. The molecule has 0 saturated carbocycles. The van der Waals surface area contributed by atoms with E-state index in [9.17, 15) is 4.79 Å². The van der Waals surface area contributed by atoms with Gasteiger partial charge in [0.05, 0.1) is 0 Å². The summed E-state index contributed by atoms with van der Waals surface area (Å²) in [5.74, 6) is 1.80. The zero-order chi connectivity index (χ0) is 22.5. The first kappa shape index (κ1) is 21.6. The summed E-state index contributed by atoms with van der Waals surface area (Å²) < 4.78 is 6.30. The summed E-state index contributed by atoms with van der Waals surface area (Å²) in [4.78, 5) is 26.1. The van der Waals surface area contributed by atoms with Gasteiger partial charge >= 0.3 is 0 Å². The fourth-order valence-corrected chi connectivity index (χ4v) is 3.85. The van der Waals surface area contributed by atoms with Crippen molar-refractivity contribution in [2.24, 2.45) is 0 Å². The lowest BCUT2D eigenvalue weighted by molar-refractivity contribution is 0.0989. The van der Waals surface area contributed by atoms with Gasteiger partial charge in [-0.2, -0.15) is 4.98 Å². The number of anilines is 3. The van der Waals surface area contributed by atoms with Crippen LogP contribution in [0.25, 0.3) is 0 Å². The molecule has 1 aromatic heterocycles. The summed E-state index contributed by atoms with van der Waals surface area (Å²) in [5, 5.41) is 3.11. The van der Waals surface area contributed by atoms with Gasteiger partial charge in [-0.1, -0.05) is 43.3 Å². The average Bonchev–Trinajstić information content (AvgIpc) is 2.95. The number of ether oxygens (including phenoxy) is 1. The minimum absolute atomic E-state index is 0.0453. The van der Waals surface area contributed by atoms with Gasteiger partial charge in [-0.05, 0) is 31.0 Å². The zero-order valence-electron chi connectivity index (χ0n) is 18.8. The number of rotatable bonds is 7. The van der Waals surface area contributed by atoms with E-state index in [1.807, 2.05) is 61.3 Å². The topological polar surface area (TPSA) is 70.6 Å². The van der Waals surface area contributed by atoms with E-state index in [4.69, 9.17) is 4.74 Å². The number of benzene rings is 2. The van der Waals surface area contributed by atoms with Crippen LogP contribution in [0.4, 0.5) is 17.5 Å². The van der Waals surface area contributed by atoms with E-state index in [0.717, 1.165) is 30.0 Å². The molecule has 1 unspecified atom stereocenters. The Morgan fingerprint density at radius 3 is 2.66 bits per heavy atom. The summed E-state index contributed by atoms with van der Waals surface area (Å²) in [5.41, 5.74) is 2.43. The summed E-state index contributed by atoms with van der Waals surface area (Å²) in [7, 11) is 1.95. The van der Waals surface area contributed by atoms with Crippen molar-refractivity contribution < 1.29 is 9.53 Å². The number of amides is 1. The first-order valence-electron chi connectivity index (χ1n) is 11.1. The molecule has 2 heterocycles. The Morgan fingerprint density at radius 2 is 1.91 bits per heavy atom. The van der Waals surface area contributed by atoms with Crippen LogP contribution in [-0.4, -0.2) is 42.6 Å². The molecule has 0 spiro atoms. The number of nitrogens with one attached hydrogen (secondary N) is 1. The first-order valence-corrected chi connectivity index (χ1v) is 11.1. The molecular weight excluding hydrogens is 402 g/mol. The lowest BCUT2D eigenvalue weighted by atomic mass is 10.1. The Balaban J connectivity index is 1.60. The largest absolute Gasteiger partial charge is 0.486 e. The van der Waals surface area contributed by atoms with Crippen LogP contribution in [-0.2, 0) is 0 Å². The van der Waals surface area contributed by atoms with E-state index >= 15 is 0 Å². The fraction of sp³-hybridized carbons (Fsp3) is 0.320. The van der Waals surface area contributed by atoms with Crippen LogP contribution in [0, 0.1) is 0 Å². The van der Waals surface area contributed by atoms with Gasteiger partial charge in [0.25, 0.3) is 5.91 Å². The number of carbonyl (C=O) groups excluding carboxylic acids is 1. The Hall–Kier alpha value is -3.61. The monoisotopic (exact) mass is 431 g/mol. The standard InChI is InChI=1S/C25H29N5O2/c1-4-22(18-10-7-6-8-11-18)32-20-13-9-12-19(16-20)30-15-14-29(3)23-21(24(30)31)17-27-25(28-23)26-5-2/h6-13,16-17,22H,4-5,14-15H2,1-3H3,(H,26,27,28). The second kappa shape index (κ2) is 9.68. The van der Waals surface area contributed by atoms with Gasteiger partial charge < -0.3 is 19.9 Å². The van der Waals surface area contributed by atoms with E-state index in [-0.39, 0.29) is 12.0 Å². The Kier molecular flexibility index (Phi) is 6.54. The van der Waals surface area contributed by atoms with Gasteiger partial charge in [-0.3, -0.25) is 4.79 Å². The van der Waals surface area contributed by atoms with Crippen LogP contribution < -0.4 is 19.9 Å². The zero-order valence-corrected chi connectivity index (χ0v) is 18.8. The second-order valence-corrected chi connectivity index (χ2v) is 7.76. The molecule has 32 heavy (non-hydrogen) atoms. The predicted octanol–water partition coefficient (Wildman–Crippen LogP) is 4.54. The lowest BCUT2D eigenvalue weighted by Gasteiger charge is -2.23. The van der Waals surface area contributed by atoms with E-state index < -0.39 is 0 Å². The van der Waals surface area contributed by atoms with E-state index in [2.05, 4.69) is 34.3 Å². The molecule has 0 aliphatic carbocycles. The third-order valence-corrected chi connectivity index (χ3v) is 5.55. The highest BCUT2D eigenvalue weighted by Crippen LogP contribution is 2.30. The Bertz CT molecular complexity index is 1070. The summed E-state index contributed by atoms with van der Waals surface area (Å²) in [6.45, 7) is 6.02. The second-order valence-electron chi connectivity index (χ2n) is 7.76. The molecule has 0 fully saturated rings. The van der Waals surface area contributed by atoms with Crippen LogP contribution >= 0.6 is 0 Å². The third-order valence-electron chi connectivity index (χ3n) is 5.55. The van der Waals surface area contributed by atoms with Crippen molar-refractivity contribution in [1.29, 1.82) is 0 Å². The highest BCUT2D eigenvalue weighted by atomic mass is 16.5. The van der Waals surface area contributed by atoms with Crippen molar-refractivity contribution in [3.63, 3.8) is 0 Å². The number of fused-ring (bicyclic) bond motifs is 1. The SMILES string of the molecule is CCNc1ncc2c(n1)N(C)CCN(c1cccc(OC(CC)c3ccccc3)c1)C2=O. The molecule has 1 aliphatic rings. The van der Waals surface area contributed by atoms with Gasteiger partial charge in [0, 0.05) is 44.6 Å². The van der Waals surface area contributed by atoms with Gasteiger partial charge in [0.1, 0.15) is 23.2 Å². The molecule has 2 aromatic carbocycles. The smallest absolute Gasteiger partial charge is 0.263 e. The quantitative estimate of drug-likeness (QED) is 0.592. The van der Waals surface area contributed by atoms with Crippen molar-refractivity contribution >= 4 is 23.4 Å². The molecule has 1 amide bonds. The molecule has 7 nitrogen and oxygen atoms in total. The maximum absolute atomic E-state index is 13.4. The molecule has 0 radical (unpaired) electrons. The molecular formula is C25H29N5O2. The number of nitrogens with zero attached hydrogens (tertiary/aromatic N) is 4. The average molecular weight is 432 g/mol. The number of carbonyl (C=O) groups is 1. The minimum atomic E-state index is -0.111. The lowest BCUT2D eigenvalue weighted by Crippen LogP contribution is -2.33. The normalized spacial score (nSPS) is 14.5. The minimum Gasteiger partial charge on any atom is -0.486 e. The molecule has 7 heteroatoms. The molecule has 0 bridgehead atoms. The highest BCUT2D eigenvalue weighted by molar-refractivity contribution is 6.09. The first-order chi connectivity index (χ1) is 15.6. The summed E-state index contributed by atoms with van der Waals surface area (Å²) in [6, 6.07) is 17.9. The molecule has 1 aliphatic heterocycles. The van der Waals surface area contributed by atoms with Crippen molar-refractivity contribution in [2.45, 2.75) is 26.4 Å². The predicted molar refractivity (Wildman–Crippen MR) is 128 cm³/mol. The van der Waals surface area contributed by atoms with Crippen molar-refractivity contribution in [3.05, 3.63) is 71.9 Å². The number of likely N-dealkylation sites (N-methyl/N-ethyl adjacent to an activating group) is 1. The molecule has 1 atom stereocenters.